The maximum atomic E-state index is 15.0. The lowest BCUT2D eigenvalue weighted by Crippen LogP contribution is -2.49. The van der Waals surface area contributed by atoms with Gasteiger partial charge < -0.3 is 30.9 Å². The molecule has 288 valence electrons. The number of carbonyl (C=O) groups excluding carboxylic acids is 5. The molecule has 1 aliphatic heterocycles. The van der Waals surface area contributed by atoms with Crippen molar-refractivity contribution in [3.8, 4) is 11.1 Å². The first-order chi connectivity index (χ1) is 25.7. The topological polar surface area (TPSA) is 167 Å². The zero-order valence-electron chi connectivity index (χ0n) is 30.8. The highest BCUT2D eigenvalue weighted by Crippen LogP contribution is 2.41. The second-order valence-corrected chi connectivity index (χ2v) is 15.0. The van der Waals surface area contributed by atoms with Crippen molar-refractivity contribution in [2.75, 3.05) is 26.2 Å². The molecule has 1 saturated carbocycles. The van der Waals surface area contributed by atoms with Gasteiger partial charge in [0.2, 0.25) is 17.7 Å². The van der Waals surface area contributed by atoms with Gasteiger partial charge in [0, 0.05) is 73.3 Å². The van der Waals surface area contributed by atoms with Crippen LogP contribution in [0, 0.1) is 23.0 Å². The molecule has 2 aliphatic rings. The summed E-state index contributed by atoms with van der Waals surface area (Å²) in [5.41, 5.74) is 7.77. The van der Waals surface area contributed by atoms with Crippen LogP contribution in [0.2, 0.25) is 0 Å². The lowest BCUT2D eigenvalue weighted by atomic mass is 9.82. The third-order valence-corrected chi connectivity index (χ3v) is 9.94. The molecular formula is C40H48F2N6O6. The van der Waals surface area contributed by atoms with Gasteiger partial charge in [-0.3, -0.25) is 28.9 Å². The van der Waals surface area contributed by atoms with Crippen molar-refractivity contribution in [2.24, 2.45) is 17.1 Å². The Kier molecular flexibility index (Phi) is 12.8. The number of hydrogen-bond acceptors (Lipinski definition) is 7. The average molecular weight is 747 g/mol. The summed E-state index contributed by atoms with van der Waals surface area (Å²) in [6, 6.07) is 12.5. The molecule has 2 aromatic carbocycles. The van der Waals surface area contributed by atoms with Crippen LogP contribution in [0.5, 0.6) is 0 Å². The molecule has 1 fully saturated rings. The van der Waals surface area contributed by atoms with Crippen LogP contribution in [0.4, 0.5) is 8.78 Å². The molecular weight excluding hydrogens is 698 g/mol. The van der Waals surface area contributed by atoms with Crippen molar-refractivity contribution in [2.45, 2.75) is 71.1 Å². The normalized spacial score (nSPS) is 18.2. The van der Waals surface area contributed by atoms with Gasteiger partial charge in [-0.1, -0.05) is 51.1 Å². The van der Waals surface area contributed by atoms with Gasteiger partial charge >= 0.3 is 0 Å². The highest BCUT2D eigenvalue weighted by atomic mass is 19.1. The minimum Gasteiger partial charge on any atom is -0.387 e. The molecule has 5 N–H and O–H groups in total. The Labute approximate surface area is 313 Å². The Hall–Kier alpha value is -5.21. The smallest absolute Gasteiger partial charge is 0.253 e. The van der Waals surface area contributed by atoms with E-state index in [0.717, 1.165) is 28.7 Å². The van der Waals surface area contributed by atoms with Crippen LogP contribution in [0.3, 0.4) is 0 Å². The molecule has 0 radical (unpaired) electrons. The van der Waals surface area contributed by atoms with Gasteiger partial charge in [-0.05, 0) is 60.9 Å². The van der Waals surface area contributed by atoms with E-state index < -0.39 is 59.4 Å². The van der Waals surface area contributed by atoms with E-state index in [1.54, 1.807) is 12.3 Å². The number of nitrogens with two attached hydrogens (primary N) is 1. The third kappa shape index (κ3) is 9.66. The molecule has 0 bridgehead atoms. The van der Waals surface area contributed by atoms with E-state index in [0.29, 0.717) is 37.1 Å². The molecule has 5 rings (SSSR count). The maximum Gasteiger partial charge on any atom is 0.253 e. The Morgan fingerprint density at radius 2 is 1.72 bits per heavy atom. The molecule has 0 saturated heterocycles. The fourth-order valence-electron chi connectivity index (χ4n) is 7.26. The number of imide groups is 1. The summed E-state index contributed by atoms with van der Waals surface area (Å²) < 4.78 is 31.3. The van der Waals surface area contributed by atoms with Crippen molar-refractivity contribution in [1.82, 2.24) is 25.0 Å². The lowest BCUT2D eigenvalue weighted by molar-refractivity contribution is -0.140. The Balaban J connectivity index is 1.28. The maximum absolute atomic E-state index is 15.0. The number of rotatable bonds is 15. The highest BCUT2D eigenvalue weighted by molar-refractivity contribution is 6.12. The molecule has 2 heterocycles. The summed E-state index contributed by atoms with van der Waals surface area (Å²) >= 11 is 0. The molecule has 0 unspecified atom stereocenters. The van der Waals surface area contributed by atoms with Crippen LogP contribution in [0.15, 0.2) is 72.9 Å². The van der Waals surface area contributed by atoms with Crippen molar-refractivity contribution in [3.05, 3.63) is 95.8 Å². The first-order valence-corrected chi connectivity index (χ1v) is 18.1. The number of aliphatic hydroxyl groups is 1. The predicted molar refractivity (Wildman–Crippen MR) is 197 cm³/mol. The number of nitrogens with zero attached hydrogens (tertiary/aromatic N) is 3. The number of aliphatic hydroxyl groups excluding tert-OH is 1. The van der Waals surface area contributed by atoms with E-state index in [1.807, 2.05) is 55.7 Å². The van der Waals surface area contributed by atoms with Crippen LogP contribution >= 0.6 is 0 Å². The number of aromatic nitrogens is 1. The Morgan fingerprint density at radius 3 is 2.39 bits per heavy atom. The monoisotopic (exact) mass is 746 g/mol. The molecule has 5 amide bonds. The minimum atomic E-state index is -1.02. The van der Waals surface area contributed by atoms with Gasteiger partial charge in [0.1, 0.15) is 18.2 Å². The van der Waals surface area contributed by atoms with Gasteiger partial charge in [0.15, 0.2) is 0 Å². The van der Waals surface area contributed by atoms with Crippen molar-refractivity contribution in [3.63, 3.8) is 0 Å². The fourth-order valence-corrected chi connectivity index (χ4v) is 7.26. The van der Waals surface area contributed by atoms with Crippen LogP contribution in [-0.2, 0) is 30.5 Å². The van der Waals surface area contributed by atoms with Gasteiger partial charge in [-0.15, -0.1) is 0 Å². The summed E-state index contributed by atoms with van der Waals surface area (Å²) in [5.74, 6) is -3.67. The van der Waals surface area contributed by atoms with E-state index in [1.165, 1.54) is 17.1 Å². The Morgan fingerprint density at radius 1 is 1.02 bits per heavy atom. The van der Waals surface area contributed by atoms with Crippen molar-refractivity contribution in [1.29, 1.82) is 0 Å². The second kappa shape index (κ2) is 17.3. The standard InChI is InChI=1S/C40H48F2N6O6/c1-40(2,3)37(33-20-27(30-21-28(41)10-12-31(30)42)23-46(33)22-25-7-5-4-6-8-25)48(36(52)24-49)17-15-32(43)39(54)45-29-11-9-26(19-29)38(53)44-16-18-47-34(50)13-14-35(47)51/h4-8,10,12-14,20-21,23,26,29,32,37,49H,9,11,15-19,22,24,43H2,1-3H3,(H,44,53)(H,45,54)/t26-,29-,32-,37-/m0/s1. The number of halogens is 2. The van der Waals surface area contributed by atoms with Crippen LogP contribution < -0.4 is 16.4 Å². The fraction of sp³-hybridized carbons (Fsp3) is 0.425. The van der Waals surface area contributed by atoms with Crippen LogP contribution in [0.1, 0.15) is 63.8 Å². The highest BCUT2D eigenvalue weighted by Gasteiger charge is 2.38. The van der Waals surface area contributed by atoms with Gasteiger partial charge in [0.25, 0.3) is 11.8 Å². The third-order valence-electron chi connectivity index (χ3n) is 9.94. The van der Waals surface area contributed by atoms with Crippen molar-refractivity contribution < 1.29 is 37.9 Å². The van der Waals surface area contributed by atoms with Gasteiger partial charge in [0.05, 0.1) is 12.1 Å². The first-order valence-electron chi connectivity index (χ1n) is 18.1. The molecule has 0 spiro atoms. The van der Waals surface area contributed by atoms with E-state index >= 15 is 4.39 Å². The number of hydrogen-bond donors (Lipinski definition) is 4. The largest absolute Gasteiger partial charge is 0.387 e. The predicted octanol–water partition coefficient (Wildman–Crippen LogP) is 3.43. The molecule has 54 heavy (non-hydrogen) atoms. The zero-order chi connectivity index (χ0) is 39.2. The van der Waals surface area contributed by atoms with Crippen molar-refractivity contribution >= 4 is 29.5 Å². The quantitative estimate of drug-likeness (QED) is 0.173. The molecule has 14 heteroatoms. The van der Waals surface area contributed by atoms with Crippen LogP contribution in [0.25, 0.3) is 11.1 Å². The molecule has 12 nitrogen and oxygen atoms in total. The van der Waals surface area contributed by atoms with Gasteiger partial charge in [-0.2, -0.15) is 0 Å². The summed E-state index contributed by atoms with van der Waals surface area (Å²) in [6.45, 7) is 5.54. The Bertz CT molecular complexity index is 1870. The molecule has 3 aromatic rings. The summed E-state index contributed by atoms with van der Waals surface area (Å²) in [7, 11) is 0. The van der Waals surface area contributed by atoms with E-state index in [4.69, 9.17) is 5.73 Å². The summed E-state index contributed by atoms with van der Waals surface area (Å²) in [4.78, 5) is 65.6. The second-order valence-electron chi connectivity index (χ2n) is 15.0. The van der Waals surface area contributed by atoms with Crippen LogP contribution in [-0.4, -0.2) is 87.3 Å². The molecule has 1 aliphatic carbocycles. The lowest BCUT2D eigenvalue weighted by Gasteiger charge is -2.41. The summed E-state index contributed by atoms with van der Waals surface area (Å²) in [5, 5.41) is 15.8. The zero-order valence-corrected chi connectivity index (χ0v) is 30.8. The van der Waals surface area contributed by atoms with E-state index in [-0.39, 0.29) is 49.5 Å². The van der Waals surface area contributed by atoms with E-state index in [2.05, 4.69) is 10.6 Å². The number of benzene rings is 2. The molecule has 4 atom stereocenters. The number of amides is 5. The van der Waals surface area contributed by atoms with E-state index in [9.17, 15) is 33.5 Å². The SMILES string of the molecule is CC(C)(C)[C@H](c1cc(-c2cc(F)ccc2F)cn1Cc1ccccc1)N(CC[C@H](N)C(=O)N[C@H]1CC[C@H](C(=O)NCCN2C(=O)C=CC2=O)C1)C(=O)CO. The molecule has 1 aromatic heterocycles. The minimum absolute atomic E-state index is 0.00331. The first kappa shape index (κ1) is 40.0. The summed E-state index contributed by atoms with van der Waals surface area (Å²) in [6.07, 6.45) is 5.62. The number of carbonyl (C=O) groups is 5. The average Bonchev–Trinajstić information content (AvgIpc) is 3.86. The van der Waals surface area contributed by atoms with Gasteiger partial charge in [-0.25, -0.2) is 8.78 Å². The number of nitrogens with one attached hydrogen (secondary N) is 2.